The minimum absolute atomic E-state index is 0.0535. The third-order valence-corrected chi connectivity index (χ3v) is 5.99. The Bertz CT molecular complexity index is 960. The van der Waals surface area contributed by atoms with Gasteiger partial charge in [0.25, 0.3) is 5.69 Å². The molecule has 0 aliphatic rings. The van der Waals surface area contributed by atoms with E-state index in [0.717, 1.165) is 16.8 Å². The monoisotopic (exact) mass is 470 g/mol. The van der Waals surface area contributed by atoms with E-state index < -0.39 is 26.8 Å². The first-order valence-electron chi connectivity index (χ1n) is 7.47. The highest BCUT2D eigenvalue weighted by atomic mass is 79.9. The Hall–Kier alpha value is -1.99. The highest BCUT2D eigenvalue weighted by Crippen LogP contribution is 2.35. The lowest BCUT2D eigenvalue weighted by molar-refractivity contribution is -0.385. The number of aromatic nitrogens is 2. The van der Waals surface area contributed by atoms with Crippen LogP contribution in [0.15, 0.2) is 33.6 Å². The van der Waals surface area contributed by atoms with Gasteiger partial charge in [0, 0.05) is 25.2 Å². The zero-order chi connectivity index (χ0) is 20.4. The molecule has 0 atom stereocenters. The summed E-state index contributed by atoms with van der Waals surface area (Å²) in [7, 11) is -3.98. The molecule has 0 spiro atoms. The van der Waals surface area contributed by atoms with Crippen LogP contribution < -0.4 is 4.72 Å². The van der Waals surface area contributed by atoms with Gasteiger partial charge in [0.1, 0.15) is 0 Å². The summed E-state index contributed by atoms with van der Waals surface area (Å²) < 4.78 is 66.0. The SMILES string of the molecule is Cc1c(Br)c(C(F)(F)F)nn1CCCNS(=O)(=O)c1cccc([N+](=O)[O-])c1. The summed E-state index contributed by atoms with van der Waals surface area (Å²) in [5.74, 6) is 0. The van der Waals surface area contributed by atoms with Crippen molar-refractivity contribution < 1.29 is 26.5 Å². The lowest BCUT2D eigenvalue weighted by Gasteiger charge is -2.08. The molecule has 0 saturated carbocycles. The van der Waals surface area contributed by atoms with Crippen LogP contribution >= 0.6 is 15.9 Å². The van der Waals surface area contributed by atoms with Crippen molar-refractivity contribution in [3.05, 3.63) is 50.2 Å². The number of sulfonamides is 1. The van der Waals surface area contributed by atoms with Crippen LogP contribution in [-0.4, -0.2) is 29.7 Å². The molecule has 1 aromatic carbocycles. The van der Waals surface area contributed by atoms with Gasteiger partial charge in [0.05, 0.1) is 20.0 Å². The molecular weight excluding hydrogens is 457 g/mol. The molecule has 0 saturated heterocycles. The Morgan fingerprint density at radius 1 is 1.37 bits per heavy atom. The number of nitro benzene ring substituents is 1. The molecular formula is C14H14BrF3N4O4S. The molecule has 2 aromatic rings. The van der Waals surface area contributed by atoms with E-state index in [1.54, 1.807) is 0 Å². The van der Waals surface area contributed by atoms with Crippen molar-refractivity contribution in [1.29, 1.82) is 0 Å². The lowest BCUT2D eigenvalue weighted by Crippen LogP contribution is -2.25. The van der Waals surface area contributed by atoms with Crippen molar-refractivity contribution in [1.82, 2.24) is 14.5 Å². The van der Waals surface area contributed by atoms with Crippen molar-refractivity contribution in [2.75, 3.05) is 6.54 Å². The maximum absolute atomic E-state index is 12.8. The van der Waals surface area contributed by atoms with E-state index in [4.69, 9.17) is 0 Å². The van der Waals surface area contributed by atoms with Gasteiger partial charge in [-0.1, -0.05) is 6.07 Å². The molecule has 0 bridgehead atoms. The quantitative estimate of drug-likeness (QED) is 0.379. The largest absolute Gasteiger partial charge is 0.436 e. The Kier molecular flexibility index (Phi) is 6.27. The highest BCUT2D eigenvalue weighted by molar-refractivity contribution is 9.10. The Morgan fingerprint density at radius 3 is 2.59 bits per heavy atom. The molecule has 0 radical (unpaired) electrons. The van der Waals surface area contributed by atoms with Gasteiger partial charge < -0.3 is 0 Å². The van der Waals surface area contributed by atoms with Crippen LogP contribution in [0.4, 0.5) is 18.9 Å². The van der Waals surface area contributed by atoms with Crippen LogP contribution in [0, 0.1) is 17.0 Å². The maximum Gasteiger partial charge on any atom is 0.436 e. The van der Waals surface area contributed by atoms with Crippen LogP contribution in [0.1, 0.15) is 17.8 Å². The third-order valence-electron chi connectivity index (χ3n) is 3.58. The average Bonchev–Trinajstić information content (AvgIpc) is 2.87. The van der Waals surface area contributed by atoms with E-state index in [9.17, 15) is 31.7 Å². The Balaban J connectivity index is 2.01. The Morgan fingerprint density at radius 2 is 2.04 bits per heavy atom. The molecule has 148 valence electrons. The zero-order valence-corrected chi connectivity index (χ0v) is 16.2. The molecule has 13 heteroatoms. The molecule has 1 heterocycles. The van der Waals surface area contributed by atoms with Crippen molar-refractivity contribution in [2.45, 2.75) is 31.0 Å². The maximum atomic E-state index is 12.8. The number of halogens is 4. The molecule has 8 nitrogen and oxygen atoms in total. The number of nitro groups is 1. The molecule has 0 amide bonds. The highest BCUT2D eigenvalue weighted by Gasteiger charge is 2.37. The van der Waals surface area contributed by atoms with Crippen LogP contribution in [0.2, 0.25) is 0 Å². The first-order valence-corrected chi connectivity index (χ1v) is 9.75. The predicted octanol–water partition coefficient (Wildman–Crippen LogP) is 3.25. The fraction of sp³-hybridized carbons (Fsp3) is 0.357. The fourth-order valence-electron chi connectivity index (χ4n) is 2.21. The number of nitrogens with one attached hydrogen (secondary N) is 1. The van der Waals surface area contributed by atoms with Crippen molar-refractivity contribution in [3.63, 3.8) is 0 Å². The van der Waals surface area contributed by atoms with Gasteiger partial charge in [-0.05, 0) is 35.3 Å². The van der Waals surface area contributed by atoms with E-state index in [2.05, 4.69) is 25.8 Å². The minimum atomic E-state index is -4.60. The fourth-order valence-corrected chi connectivity index (χ4v) is 3.83. The van der Waals surface area contributed by atoms with Gasteiger partial charge in [0.2, 0.25) is 10.0 Å². The zero-order valence-electron chi connectivity index (χ0n) is 13.8. The van der Waals surface area contributed by atoms with E-state index in [0.29, 0.717) is 0 Å². The third kappa shape index (κ3) is 5.05. The summed E-state index contributed by atoms with van der Waals surface area (Å²) in [4.78, 5) is 9.74. The standard InChI is InChI=1S/C14H14BrF3N4O4S/c1-9-12(15)13(14(16,17)18)20-21(9)7-3-6-19-27(25,26)11-5-2-4-10(8-11)22(23)24/h2,4-5,8,19H,3,6-7H2,1H3. The predicted molar refractivity (Wildman–Crippen MR) is 92.6 cm³/mol. The topological polar surface area (TPSA) is 107 Å². The van der Waals surface area contributed by atoms with E-state index in [1.807, 2.05) is 0 Å². The summed E-state index contributed by atoms with van der Waals surface area (Å²) in [5, 5.41) is 14.2. The molecule has 27 heavy (non-hydrogen) atoms. The average molecular weight is 471 g/mol. The number of benzene rings is 1. The molecule has 2 rings (SSSR count). The summed E-state index contributed by atoms with van der Waals surface area (Å²) in [6.07, 6.45) is -4.43. The van der Waals surface area contributed by atoms with Gasteiger partial charge in [-0.3, -0.25) is 14.8 Å². The molecule has 1 aromatic heterocycles. The first kappa shape index (κ1) is 21.3. The van der Waals surface area contributed by atoms with Gasteiger partial charge in [-0.2, -0.15) is 18.3 Å². The summed E-state index contributed by atoms with van der Waals surface area (Å²) >= 11 is 2.86. The van der Waals surface area contributed by atoms with Crippen LogP contribution in [0.5, 0.6) is 0 Å². The number of non-ortho nitro benzene ring substituents is 1. The molecule has 0 fully saturated rings. The van der Waals surface area contributed by atoms with Crippen LogP contribution in [0.3, 0.4) is 0 Å². The van der Waals surface area contributed by atoms with Gasteiger partial charge >= 0.3 is 6.18 Å². The van der Waals surface area contributed by atoms with Crippen molar-refractivity contribution >= 4 is 31.6 Å². The molecule has 0 unspecified atom stereocenters. The second kappa shape index (κ2) is 7.94. The normalized spacial score (nSPS) is 12.3. The molecule has 1 N–H and O–H groups in total. The number of hydrogen-bond donors (Lipinski definition) is 1. The van der Waals surface area contributed by atoms with Crippen LogP contribution in [-0.2, 0) is 22.7 Å². The smallest absolute Gasteiger partial charge is 0.268 e. The van der Waals surface area contributed by atoms with Crippen molar-refractivity contribution in [3.8, 4) is 0 Å². The van der Waals surface area contributed by atoms with Gasteiger partial charge in [-0.15, -0.1) is 0 Å². The van der Waals surface area contributed by atoms with Gasteiger partial charge in [0.15, 0.2) is 5.69 Å². The number of nitrogens with zero attached hydrogens (tertiary/aromatic N) is 3. The number of alkyl halides is 3. The second-order valence-electron chi connectivity index (χ2n) is 5.47. The summed E-state index contributed by atoms with van der Waals surface area (Å²) in [6, 6.07) is 4.54. The molecule has 0 aliphatic heterocycles. The number of rotatable bonds is 7. The van der Waals surface area contributed by atoms with E-state index in [1.165, 1.54) is 19.1 Å². The minimum Gasteiger partial charge on any atom is -0.268 e. The summed E-state index contributed by atoms with van der Waals surface area (Å²) in [6.45, 7) is 1.43. The second-order valence-corrected chi connectivity index (χ2v) is 8.03. The van der Waals surface area contributed by atoms with E-state index >= 15 is 0 Å². The molecule has 0 aliphatic carbocycles. The lowest BCUT2D eigenvalue weighted by atomic mass is 10.3. The number of aryl methyl sites for hydroxylation is 1. The van der Waals surface area contributed by atoms with Crippen molar-refractivity contribution in [2.24, 2.45) is 0 Å². The number of hydrogen-bond acceptors (Lipinski definition) is 5. The Labute approximate surface area is 160 Å². The van der Waals surface area contributed by atoms with Gasteiger partial charge in [-0.25, -0.2) is 13.1 Å². The van der Waals surface area contributed by atoms with E-state index in [-0.39, 0.29) is 40.3 Å². The van der Waals surface area contributed by atoms with Crippen LogP contribution in [0.25, 0.3) is 0 Å². The summed E-state index contributed by atoms with van der Waals surface area (Å²) in [5.41, 5.74) is -1.14. The first-order chi connectivity index (χ1) is 12.4.